The normalized spacial score (nSPS) is 24.4. The highest BCUT2D eigenvalue weighted by Crippen LogP contribution is 2.23. The Morgan fingerprint density at radius 3 is 2.79 bits per heavy atom. The molecule has 0 bridgehead atoms. The first kappa shape index (κ1) is 14.8. The zero-order chi connectivity index (χ0) is 13.7. The fourth-order valence-electron chi connectivity index (χ4n) is 2.59. The zero-order valence-electron chi connectivity index (χ0n) is 11.8. The molecule has 1 saturated heterocycles. The van der Waals surface area contributed by atoms with Gasteiger partial charge in [0.1, 0.15) is 0 Å². The number of hydrogen-bond acceptors (Lipinski definition) is 3. The largest absolute Gasteiger partial charge is 0.384 e. The third-order valence-electron chi connectivity index (χ3n) is 3.83. The van der Waals surface area contributed by atoms with Gasteiger partial charge in [0.15, 0.2) is 0 Å². The molecular formula is C15H23BrN2O. The first-order valence-electron chi connectivity index (χ1n) is 6.88. The molecule has 1 unspecified atom stereocenters. The summed E-state index contributed by atoms with van der Waals surface area (Å²) in [6, 6.07) is 8.32. The van der Waals surface area contributed by atoms with Crippen molar-refractivity contribution >= 4 is 21.6 Å². The second-order valence-corrected chi connectivity index (χ2v) is 6.38. The van der Waals surface area contributed by atoms with Gasteiger partial charge >= 0.3 is 0 Å². The average molecular weight is 327 g/mol. The Kier molecular flexibility index (Phi) is 5.25. The Hall–Kier alpha value is -0.580. The molecule has 0 saturated carbocycles. The minimum atomic E-state index is 0.0376. The summed E-state index contributed by atoms with van der Waals surface area (Å²) in [4.78, 5) is 2.48. The van der Waals surface area contributed by atoms with Gasteiger partial charge in [-0.15, -0.1) is 0 Å². The van der Waals surface area contributed by atoms with Crippen LogP contribution in [0.25, 0.3) is 0 Å². The molecule has 0 amide bonds. The Morgan fingerprint density at radius 2 is 2.11 bits per heavy atom. The molecule has 1 aromatic carbocycles. The van der Waals surface area contributed by atoms with E-state index in [2.05, 4.69) is 57.3 Å². The van der Waals surface area contributed by atoms with E-state index in [-0.39, 0.29) is 5.60 Å². The van der Waals surface area contributed by atoms with E-state index in [9.17, 15) is 0 Å². The van der Waals surface area contributed by atoms with Crippen molar-refractivity contribution in [1.82, 2.24) is 4.90 Å². The van der Waals surface area contributed by atoms with Gasteiger partial charge in [0.25, 0.3) is 0 Å². The lowest BCUT2D eigenvalue weighted by atomic mass is 9.95. The first-order chi connectivity index (χ1) is 9.11. The molecule has 1 heterocycles. The molecule has 1 fully saturated rings. The molecule has 1 aromatic rings. The van der Waals surface area contributed by atoms with Crippen LogP contribution in [0.15, 0.2) is 28.7 Å². The monoisotopic (exact) mass is 326 g/mol. The molecule has 1 aliphatic heterocycles. The summed E-state index contributed by atoms with van der Waals surface area (Å²) in [6.07, 6.45) is 2.39. The van der Waals surface area contributed by atoms with Crippen molar-refractivity contribution in [3.63, 3.8) is 0 Å². The lowest BCUT2D eigenvalue weighted by molar-refractivity contribution is -0.0496. The molecule has 4 heteroatoms. The number of nitrogens with zero attached hydrogens (tertiary/aromatic N) is 1. The molecule has 106 valence electrons. The van der Waals surface area contributed by atoms with E-state index in [0.29, 0.717) is 0 Å². The highest BCUT2D eigenvalue weighted by Gasteiger charge is 2.30. The maximum atomic E-state index is 5.62. The number of halogens is 1. The highest BCUT2D eigenvalue weighted by atomic mass is 79.9. The molecular weight excluding hydrogens is 304 g/mol. The van der Waals surface area contributed by atoms with Gasteiger partial charge in [0.2, 0.25) is 0 Å². The van der Waals surface area contributed by atoms with Crippen LogP contribution in [-0.4, -0.2) is 43.8 Å². The van der Waals surface area contributed by atoms with Crippen molar-refractivity contribution in [2.45, 2.75) is 25.4 Å². The van der Waals surface area contributed by atoms with Gasteiger partial charge in [-0.3, -0.25) is 4.90 Å². The van der Waals surface area contributed by atoms with Gasteiger partial charge in [0, 0.05) is 36.9 Å². The molecule has 0 spiro atoms. The van der Waals surface area contributed by atoms with Crippen molar-refractivity contribution in [2.24, 2.45) is 0 Å². The van der Waals surface area contributed by atoms with Gasteiger partial charge in [-0.25, -0.2) is 0 Å². The van der Waals surface area contributed by atoms with Crippen LogP contribution >= 0.6 is 15.9 Å². The summed E-state index contributed by atoms with van der Waals surface area (Å²) >= 11 is 3.45. The molecule has 0 aromatic heterocycles. The van der Waals surface area contributed by atoms with E-state index in [4.69, 9.17) is 4.74 Å². The standard InChI is InChI=1S/C15H23BrN2O/c1-15(19-2)8-3-10-18(12-15)11-9-17-14-6-4-13(16)5-7-14/h4-7,17H,3,8-12H2,1-2H3. The topological polar surface area (TPSA) is 24.5 Å². The number of ether oxygens (including phenoxy) is 1. The van der Waals surface area contributed by atoms with E-state index < -0.39 is 0 Å². The number of benzene rings is 1. The predicted octanol–water partition coefficient (Wildman–Crippen LogP) is 3.36. The Balaban J connectivity index is 1.75. The van der Waals surface area contributed by atoms with Gasteiger partial charge < -0.3 is 10.1 Å². The summed E-state index contributed by atoms with van der Waals surface area (Å²) < 4.78 is 6.74. The van der Waals surface area contributed by atoms with E-state index in [1.807, 2.05) is 7.11 Å². The van der Waals surface area contributed by atoms with E-state index in [1.54, 1.807) is 0 Å². The fraction of sp³-hybridized carbons (Fsp3) is 0.600. The Morgan fingerprint density at radius 1 is 1.37 bits per heavy atom. The van der Waals surface area contributed by atoms with E-state index in [0.717, 1.165) is 24.1 Å². The van der Waals surface area contributed by atoms with Crippen LogP contribution in [0, 0.1) is 0 Å². The lowest BCUT2D eigenvalue weighted by Crippen LogP contribution is -2.48. The summed E-state index contributed by atoms with van der Waals surface area (Å²) in [6.45, 7) is 6.46. The van der Waals surface area contributed by atoms with Crippen LogP contribution < -0.4 is 5.32 Å². The van der Waals surface area contributed by atoms with E-state index in [1.165, 1.54) is 25.1 Å². The number of nitrogens with one attached hydrogen (secondary N) is 1. The van der Waals surface area contributed by atoms with Crippen LogP contribution in [0.3, 0.4) is 0 Å². The molecule has 1 atom stereocenters. The molecule has 19 heavy (non-hydrogen) atoms. The summed E-state index contributed by atoms with van der Waals surface area (Å²) in [7, 11) is 1.82. The molecule has 3 nitrogen and oxygen atoms in total. The van der Waals surface area contributed by atoms with Gasteiger partial charge in [0.05, 0.1) is 5.60 Å². The van der Waals surface area contributed by atoms with Gasteiger partial charge in [-0.2, -0.15) is 0 Å². The number of hydrogen-bond donors (Lipinski definition) is 1. The smallest absolute Gasteiger partial charge is 0.0777 e. The third-order valence-corrected chi connectivity index (χ3v) is 4.36. The Bertz CT molecular complexity index is 396. The Labute approximate surface area is 124 Å². The van der Waals surface area contributed by atoms with Gasteiger partial charge in [-0.05, 0) is 50.6 Å². The number of rotatable bonds is 5. The van der Waals surface area contributed by atoms with Crippen LogP contribution in [0.1, 0.15) is 19.8 Å². The van der Waals surface area contributed by atoms with Gasteiger partial charge in [-0.1, -0.05) is 15.9 Å². The molecule has 0 radical (unpaired) electrons. The second kappa shape index (κ2) is 6.73. The molecule has 1 N–H and O–H groups in total. The molecule has 0 aliphatic carbocycles. The maximum Gasteiger partial charge on any atom is 0.0777 e. The number of likely N-dealkylation sites (tertiary alicyclic amines) is 1. The first-order valence-corrected chi connectivity index (χ1v) is 7.68. The van der Waals surface area contributed by atoms with E-state index >= 15 is 0 Å². The quantitative estimate of drug-likeness (QED) is 0.897. The van der Waals surface area contributed by atoms with Crippen molar-refractivity contribution in [3.05, 3.63) is 28.7 Å². The third kappa shape index (κ3) is 4.48. The van der Waals surface area contributed by atoms with Crippen LogP contribution in [0.4, 0.5) is 5.69 Å². The molecule has 1 aliphatic rings. The SMILES string of the molecule is COC1(C)CCCN(CCNc2ccc(Br)cc2)C1. The van der Waals surface area contributed by atoms with Crippen molar-refractivity contribution in [3.8, 4) is 0 Å². The number of anilines is 1. The van der Waals surface area contributed by atoms with Crippen molar-refractivity contribution < 1.29 is 4.74 Å². The number of piperidine rings is 1. The molecule has 2 rings (SSSR count). The van der Waals surface area contributed by atoms with Crippen molar-refractivity contribution in [2.75, 3.05) is 38.6 Å². The zero-order valence-corrected chi connectivity index (χ0v) is 13.4. The summed E-state index contributed by atoms with van der Waals surface area (Å²) in [5.74, 6) is 0. The van der Waals surface area contributed by atoms with Crippen LogP contribution in [0.2, 0.25) is 0 Å². The summed E-state index contributed by atoms with van der Waals surface area (Å²) in [5.41, 5.74) is 1.21. The van der Waals surface area contributed by atoms with Crippen molar-refractivity contribution in [1.29, 1.82) is 0 Å². The van der Waals surface area contributed by atoms with Crippen LogP contribution in [-0.2, 0) is 4.74 Å². The summed E-state index contributed by atoms with van der Waals surface area (Å²) in [5, 5.41) is 3.46. The predicted molar refractivity (Wildman–Crippen MR) is 83.7 cm³/mol. The maximum absolute atomic E-state index is 5.62. The highest BCUT2D eigenvalue weighted by molar-refractivity contribution is 9.10. The van der Waals surface area contributed by atoms with Crippen LogP contribution in [0.5, 0.6) is 0 Å². The second-order valence-electron chi connectivity index (χ2n) is 5.47. The lowest BCUT2D eigenvalue weighted by Gasteiger charge is -2.39. The minimum Gasteiger partial charge on any atom is -0.384 e. The number of methoxy groups -OCH3 is 1. The fourth-order valence-corrected chi connectivity index (χ4v) is 2.86. The average Bonchev–Trinajstić information content (AvgIpc) is 2.41. The minimum absolute atomic E-state index is 0.0376.